The van der Waals surface area contributed by atoms with Crippen molar-refractivity contribution >= 4 is 10.9 Å². The van der Waals surface area contributed by atoms with Crippen molar-refractivity contribution in [1.29, 1.82) is 0 Å². The van der Waals surface area contributed by atoms with Gasteiger partial charge in [-0.05, 0) is 89.7 Å². The average molecular weight is 550 g/mol. The number of aromatic nitrogens is 6. The second kappa shape index (κ2) is 11.6. The van der Waals surface area contributed by atoms with E-state index in [9.17, 15) is 4.79 Å². The van der Waals surface area contributed by atoms with Gasteiger partial charge in [0.2, 0.25) is 0 Å². The quantitative estimate of drug-likeness (QED) is 0.261. The predicted octanol–water partition coefficient (Wildman–Crippen LogP) is 5.44. The van der Waals surface area contributed by atoms with E-state index < -0.39 is 6.04 Å². The van der Waals surface area contributed by atoms with Crippen molar-refractivity contribution in [2.75, 3.05) is 7.11 Å². The van der Waals surface area contributed by atoms with Crippen LogP contribution in [0.1, 0.15) is 71.4 Å². The predicted molar refractivity (Wildman–Crippen MR) is 158 cm³/mol. The minimum atomic E-state index is -0.498. The van der Waals surface area contributed by atoms with Crippen LogP contribution in [0.4, 0.5) is 0 Å². The highest BCUT2D eigenvalue weighted by Crippen LogP contribution is 2.35. The van der Waals surface area contributed by atoms with Gasteiger partial charge in [0.05, 0.1) is 13.2 Å². The highest BCUT2D eigenvalue weighted by molar-refractivity contribution is 5.83. The third-order valence-corrected chi connectivity index (χ3v) is 8.09. The number of nitrogens with zero attached hydrogens (tertiary/aromatic N) is 6. The highest BCUT2D eigenvalue weighted by Gasteiger charge is 2.33. The van der Waals surface area contributed by atoms with E-state index in [0.717, 1.165) is 64.6 Å². The summed E-state index contributed by atoms with van der Waals surface area (Å²) in [6.07, 6.45) is 7.99. The van der Waals surface area contributed by atoms with Crippen molar-refractivity contribution in [3.05, 3.63) is 111 Å². The lowest BCUT2D eigenvalue weighted by Gasteiger charge is -2.32. The van der Waals surface area contributed by atoms with Gasteiger partial charge >= 0.3 is 0 Å². The van der Waals surface area contributed by atoms with Crippen molar-refractivity contribution in [2.24, 2.45) is 0 Å². The summed E-state index contributed by atoms with van der Waals surface area (Å²) in [6, 6.07) is 18.0. The number of H-pyrrole nitrogens is 1. The lowest BCUT2D eigenvalue weighted by Crippen LogP contribution is -2.35. The molecule has 3 heterocycles. The van der Waals surface area contributed by atoms with E-state index >= 15 is 0 Å². The molecule has 0 amide bonds. The first-order chi connectivity index (χ1) is 20.0. The Labute approximate surface area is 239 Å². The third-order valence-electron chi connectivity index (χ3n) is 8.09. The zero-order valence-electron chi connectivity index (χ0n) is 23.7. The zero-order valence-corrected chi connectivity index (χ0v) is 23.7. The molecule has 9 heteroatoms. The van der Waals surface area contributed by atoms with Crippen LogP contribution in [-0.2, 0) is 13.1 Å². The summed E-state index contributed by atoms with van der Waals surface area (Å²) in [5.41, 5.74) is 5.66. The van der Waals surface area contributed by atoms with E-state index in [0.29, 0.717) is 24.5 Å². The Morgan fingerprint density at radius 3 is 2.56 bits per heavy atom. The van der Waals surface area contributed by atoms with Crippen LogP contribution in [0.3, 0.4) is 0 Å². The number of methoxy groups -OCH3 is 1. The summed E-state index contributed by atoms with van der Waals surface area (Å²) < 4.78 is 7.36. The highest BCUT2D eigenvalue weighted by atomic mass is 16.5. The Kier molecular flexibility index (Phi) is 7.61. The molecule has 1 aliphatic carbocycles. The first-order valence-electron chi connectivity index (χ1n) is 14.2. The van der Waals surface area contributed by atoms with Crippen LogP contribution in [-0.4, -0.2) is 42.2 Å². The Morgan fingerprint density at radius 2 is 1.83 bits per heavy atom. The molecule has 1 fully saturated rings. The first-order valence-corrected chi connectivity index (χ1v) is 14.2. The SMILES string of the molecule is COc1ccc(CN(Cc2cccnc2)C(c2cc3c(C)cc(C)cc3[nH]c2=O)c2nnnn2C2CCCC2)cc1. The third kappa shape index (κ3) is 5.63. The Morgan fingerprint density at radius 1 is 1.05 bits per heavy atom. The van der Waals surface area contributed by atoms with Crippen molar-refractivity contribution in [3.63, 3.8) is 0 Å². The number of ether oxygens (including phenoxy) is 1. The van der Waals surface area contributed by atoms with Gasteiger partial charge in [0.15, 0.2) is 5.82 Å². The summed E-state index contributed by atoms with van der Waals surface area (Å²) in [5, 5.41) is 14.2. The minimum absolute atomic E-state index is 0.139. The van der Waals surface area contributed by atoms with E-state index in [1.54, 1.807) is 13.3 Å². The van der Waals surface area contributed by atoms with Crippen LogP contribution >= 0.6 is 0 Å². The number of pyridine rings is 2. The normalized spacial score (nSPS) is 14.6. The van der Waals surface area contributed by atoms with Gasteiger partial charge in [-0.25, -0.2) is 4.68 Å². The molecule has 1 N–H and O–H groups in total. The van der Waals surface area contributed by atoms with Crippen LogP contribution in [0.15, 0.2) is 71.8 Å². The molecule has 1 atom stereocenters. The van der Waals surface area contributed by atoms with Gasteiger partial charge in [0.1, 0.15) is 11.8 Å². The smallest absolute Gasteiger partial charge is 0.253 e. The molecule has 0 saturated heterocycles. The molecule has 210 valence electrons. The largest absolute Gasteiger partial charge is 0.497 e. The maximum Gasteiger partial charge on any atom is 0.253 e. The number of hydrogen-bond acceptors (Lipinski definition) is 7. The Bertz CT molecular complexity index is 1690. The summed E-state index contributed by atoms with van der Waals surface area (Å²) in [6.45, 7) is 5.24. The van der Waals surface area contributed by atoms with Crippen LogP contribution in [0.2, 0.25) is 0 Å². The van der Waals surface area contributed by atoms with Crippen molar-refractivity contribution in [1.82, 2.24) is 35.1 Å². The second-order valence-electron chi connectivity index (χ2n) is 11.0. The summed E-state index contributed by atoms with van der Waals surface area (Å²) >= 11 is 0. The molecule has 0 aliphatic heterocycles. The zero-order chi connectivity index (χ0) is 28.3. The van der Waals surface area contributed by atoms with Gasteiger partial charge in [-0.3, -0.25) is 14.7 Å². The molecule has 2 aromatic carbocycles. The van der Waals surface area contributed by atoms with Crippen LogP contribution < -0.4 is 10.3 Å². The van der Waals surface area contributed by atoms with Crippen molar-refractivity contribution in [3.8, 4) is 5.75 Å². The van der Waals surface area contributed by atoms with Gasteiger partial charge < -0.3 is 9.72 Å². The number of aromatic amines is 1. The fraction of sp³-hybridized carbons (Fsp3) is 0.344. The summed E-state index contributed by atoms with van der Waals surface area (Å²) in [4.78, 5) is 23.7. The molecule has 0 bridgehead atoms. The second-order valence-corrected chi connectivity index (χ2v) is 11.0. The monoisotopic (exact) mass is 549 g/mol. The summed E-state index contributed by atoms with van der Waals surface area (Å²) in [5.74, 6) is 1.48. The number of rotatable bonds is 9. The minimum Gasteiger partial charge on any atom is -0.497 e. The molecule has 6 rings (SSSR count). The molecule has 1 aliphatic rings. The van der Waals surface area contributed by atoms with Gasteiger partial charge in [-0.1, -0.05) is 37.1 Å². The van der Waals surface area contributed by atoms with E-state index in [1.807, 2.05) is 48.1 Å². The number of nitrogens with one attached hydrogen (secondary N) is 1. The lowest BCUT2D eigenvalue weighted by atomic mass is 9.99. The maximum atomic E-state index is 13.9. The van der Waals surface area contributed by atoms with Crippen LogP contribution in [0.25, 0.3) is 10.9 Å². The van der Waals surface area contributed by atoms with Crippen molar-refractivity contribution < 1.29 is 4.74 Å². The maximum absolute atomic E-state index is 13.9. The molecule has 41 heavy (non-hydrogen) atoms. The summed E-state index contributed by atoms with van der Waals surface area (Å²) in [7, 11) is 1.66. The van der Waals surface area contributed by atoms with Crippen LogP contribution in [0.5, 0.6) is 5.75 Å². The van der Waals surface area contributed by atoms with E-state index in [2.05, 4.69) is 61.6 Å². The molecule has 5 aromatic rings. The molecule has 0 spiro atoms. The number of benzene rings is 2. The number of aryl methyl sites for hydroxylation is 2. The molecular weight excluding hydrogens is 514 g/mol. The van der Waals surface area contributed by atoms with E-state index in [1.165, 1.54) is 0 Å². The fourth-order valence-corrected chi connectivity index (χ4v) is 6.11. The van der Waals surface area contributed by atoms with Gasteiger partial charge in [0, 0.05) is 41.9 Å². The number of tetrazole rings is 1. The molecule has 1 unspecified atom stereocenters. The molecule has 1 saturated carbocycles. The standard InChI is InChI=1S/C32H35N7O2/c1-21-15-22(2)27-17-28(32(40)34-29(27)16-21)30(31-35-36-37-39(31)25-8-4-5-9-25)38(20-24-7-6-14-33-18-24)19-23-10-12-26(41-3)13-11-23/h6-7,10-18,25,30H,4-5,8-9,19-20H2,1-3H3,(H,34,40). The van der Waals surface area contributed by atoms with Gasteiger partial charge in [-0.15, -0.1) is 5.10 Å². The fourth-order valence-electron chi connectivity index (χ4n) is 6.11. The Hall–Kier alpha value is -4.37. The molecular formula is C32H35N7O2. The molecule has 0 radical (unpaired) electrons. The van der Waals surface area contributed by atoms with E-state index in [-0.39, 0.29) is 11.6 Å². The lowest BCUT2D eigenvalue weighted by molar-refractivity contribution is 0.190. The first kappa shape index (κ1) is 26.8. The van der Waals surface area contributed by atoms with E-state index in [4.69, 9.17) is 4.74 Å². The Balaban J connectivity index is 1.54. The molecule has 9 nitrogen and oxygen atoms in total. The van der Waals surface area contributed by atoms with Gasteiger partial charge in [0.25, 0.3) is 5.56 Å². The number of fused-ring (bicyclic) bond motifs is 1. The van der Waals surface area contributed by atoms with Gasteiger partial charge in [-0.2, -0.15) is 0 Å². The topological polar surface area (TPSA) is 102 Å². The average Bonchev–Trinajstić information content (AvgIpc) is 3.67. The van der Waals surface area contributed by atoms with Crippen molar-refractivity contribution in [2.45, 2.75) is 64.7 Å². The van der Waals surface area contributed by atoms with Crippen LogP contribution in [0, 0.1) is 13.8 Å². The number of hydrogen-bond donors (Lipinski definition) is 1. The molecule has 3 aromatic heterocycles.